The zero-order chi connectivity index (χ0) is 13.8. The van der Waals surface area contributed by atoms with Crippen molar-refractivity contribution in [3.05, 3.63) is 46.9 Å². The third kappa shape index (κ3) is 3.38. The first-order valence-corrected chi connectivity index (χ1v) is 5.88. The second kappa shape index (κ2) is 5.62. The fourth-order valence-electron chi connectivity index (χ4n) is 1.73. The van der Waals surface area contributed by atoms with Gasteiger partial charge in [0, 0.05) is 24.8 Å². The predicted octanol–water partition coefficient (Wildman–Crippen LogP) is 1.67. The molecule has 0 aromatic carbocycles. The molecule has 0 fully saturated rings. The number of furan rings is 1. The van der Waals surface area contributed by atoms with E-state index in [1.807, 2.05) is 13.0 Å². The van der Waals surface area contributed by atoms with Crippen molar-refractivity contribution < 1.29 is 14.3 Å². The summed E-state index contributed by atoms with van der Waals surface area (Å²) in [6.07, 6.45) is 1.71. The summed E-state index contributed by atoms with van der Waals surface area (Å²) in [6.45, 7) is 4.71. The summed E-state index contributed by atoms with van der Waals surface area (Å²) < 4.78 is 5.13. The number of aromatic carboxylic acids is 1. The van der Waals surface area contributed by atoms with Gasteiger partial charge in [-0.05, 0) is 26.0 Å². The highest BCUT2D eigenvalue weighted by molar-refractivity contribution is 5.84. The third-order valence-corrected chi connectivity index (χ3v) is 2.69. The minimum Gasteiger partial charge on any atom is -0.475 e. The molecule has 6 nitrogen and oxygen atoms in total. The van der Waals surface area contributed by atoms with E-state index < -0.39 is 5.97 Å². The lowest BCUT2D eigenvalue weighted by Crippen LogP contribution is -2.14. The number of aryl methyl sites for hydroxylation is 2. The van der Waals surface area contributed by atoms with Gasteiger partial charge in [0.25, 0.3) is 0 Å². The first kappa shape index (κ1) is 13.2. The van der Waals surface area contributed by atoms with E-state index >= 15 is 0 Å². The van der Waals surface area contributed by atoms with Crippen LogP contribution >= 0.6 is 0 Å². The average molecular weight is 261 g/mol. The molecule has 0 atom stereocenters. The summed E-state index contributed by atoms with van der Waals surface area (Å²) in [5.74, 6) is 0.253. The highest BCUT2D eigenvalue weighted by Crippen LogP contribution is 2.14. The first-order valence-electron chi connectivity index (χ1n) is 5.88. The van der Waals surface area contributed by atoms with E-state index in [9.17, 15) is 4.79 Å². The summed E-state index contributed by atoms with van der Waals surface area (Å²) in [5, 5.41) is 12.0. The van der Waals surface area contributed by atoms with Gasteiger partial charge in [0.1, 0.15) is 11.6 Å². The first-order chi connectivity index (χ1) is 9.06. The molecule has 6 heteroatoms. The fraction of sp³-hybridized carbons (Fsp3) is 0.308. The van der Waals surface area contributed by atoms with Gasteiger partial charge in [-0.2, -0.15) is 0 Å². The Labute approximate surface area is 110 Å². The van der Waals surface area contributed by atoms with Crippen LogP contribution in [0, 0.1) is 13.8 Å². The highest BCUT2D eigenvalue weighted by Gasteiger charge is 2.12. The summed E-state index contributed by atoms with van der Waals surface area (Å²) in [5.41, 5.74) is 1.73. The van der Waals surface area contributed by atoms with Gasteiger partial charge in [-0.1, -0.05) is 0 Å². The lowest BCUT2D eigenvalue weighted by molar-refractivity contribution is 0.0661. The SMILES string of the molecule is Cc1nccc(CNCc2cc(C(=O)O)oc2C)n1. The van der Waals surface area contributed by atoms with Crippen LogP contribution in [0.5, 0.6) is 0 Å². The highest BCUT2D eigenvalue weighted by atomic mass is 16.4. The summed E-state index contributed by atoms with van der Waals surface area (Å²) in [6, 6.07) is 3.38. The molecule has 19 heavy (non-hydrogen) atoms. The molecule has 100 valence electrons. The number of carbonyl (C=O) groups is 1. The number of aromatic nitrogens is 2. The van der Waals surface area contributed by atoms with E-state index in [-0.39, 0.29) is 5.76 Å². The smallest absolute Gasteiger partial charge is 0.371 e. The Morgan fingerprint density at radius 1 is 1.42 bits per heavy atom. The van der Waals surface area contributed by atoms with Gasteiger partial charge in [-0.25, -0.2) is 14.8 Å². The molecule has 0 unspecified atom stereocenters. The summed E-state index contributed by atoms with van der Waals surface area (Å²) in [7, 11) is 0. The van der Waals surface area contributed by atoms with Crippen LogP contribution in [0.15, 0.2) is 22.7 Å². The van der Waals surface area contributed by atoms with E-state index in [0.29, 0.717) is 18.8 Å². The molecule has 0 aliphatic heterocycles. The maximum Gasteiger partial charge on any atom is 0.371 e. The maximum absolute atomic E-state index is 10.8. The lowest BCUT2D eigenvalue weighted by Gasteiger charge is -2.03. The Balaban J connectivity index is 1.94. The van der Waals surface area contributed by atoms with Crippen molar-refractivity contribution in [3.63, 3.8) is 0 Å². The number of nitrogens with one attached hydrogen (secondary N) is 1. The quantitative estimate of drug-likeness (QED) is 0.851. The van der Waals surface area contributed by atoms with Gasteiger partial charge in [0.2, 0.25) is 5.76 Å². The number of nitrogens with zero attached hydrogens (tertiary/aromatic N) is 2. The molecular weight excluding hydrogens is 246 g/mol. The number of hydrogen-bond donors (Lipinski definition) is 2. The van der Waals surface area contributed by atoms with Gasteiger partial charge in [-0.3, -0.25) is 0 Å². The maximum atomic E-state index is 10.8. The molecule has 0 saturated heterocycles. The molecule has 0 aliphatic rings. The van der Waals surface area contributed by atoms with Crippen LogP contribution in [0.3, 0.4) is 0 Å². The number of carboxylic acid groups (broad SMARTS) is 1. The van der Waals surface area contributed by atoms with Crippen molar-refractivity contribution >= 4 is 5.97 Å². The van der Waals surface area contributed by atoms with Gasteiger partial charge in [0.05, 0.1) is 5.69 Å². The van der Waals surface area contributed by atoms with E-state index in [1.54, 1.807) is 13.1 Å². The van der Waals surface area contributed by atoms with Crippen LogP contribution < -0.4 is 5.32 Å². The molecule has 2 aromatic heterocycles. The van der Waals surface area contributed by atoms with Crippen molar-refractivity contribution in [2.45, 2.75) is 26.9 Å². The van der Waals surface area contributed by atoms with Crippen molar-refractivity contribution in [1.29, 1.82) is 0 Å². The molecule has 2 aromatic rings. The molecule has 2 heterocycles. The average Bonchev–Trinajstić information content (AvgIpc) is 2.71. The van der Waals surface area contributed by atoms with Crippen LogP contribution in [0.1, 0.15) is 33.4 Å². The van der Waals surface area contributed by atoms with Crippen LogP contribution in [0.25, 0.3) is 0 Å². The van der Waals surface area contributed by atoms with Crippen molar-refractivity contribution in [1.82, 2.24) is 15.3 Å². The van der Waals surface area contributed by atoms with Crippen LogP contribution in [-0.2, 0) is 13.1 Å². The van der Waals surface area contributed by atoms with Gasteiger partial charge in [-0.15, -0.1) is 0 Å². The monoisotopic (exact) mass is 261 g/mol. The molecule has 0 bridgehead atoms. The second-order valence-electron chi connectivity index (χ2n) is 4.20. The number of rotatable bonds is 5. The van der Waals surface area contributed by atoms with E-state index in [0.717, 1.165) is 17.1 Å². The summed E-state index contributed by atoms with van der Waals surface area (Å²) >= 11 is 0. The van der Waals surface area contributed by atoms with E-state index in [4.69, 9.17) is 9.52 Å². The molecule has 0 amide bonds. The minimum atomic E-state index is -1.05. The van der Waals surface area contributed by atoms with Crippen molar-refractivity contribution in [2.75, 3.05) is 0 Å². The van der Waals surface area contributed by atoms with Crippen molar-refractivity contribution in [2.24, 2.45) is 0 Å². The third-order valence-electron chi connectivity index (χ3n) is 2.69. The van der Waals surface area contributed by atoms with Crippen LogP contribution in [0.4, 0.5) is 0 Å². The topological polar surface area (TPSA) is 88.2 Å². The molecule has 0 aliphatic carbocycles. The van der Waals surface area contributed by atoms with Gasteiger partial charge < -0.3 is 14.8 Å². The molecular formula is C13H15N3O3. The Kier molecular flexibility index (Phi) is 3.91. The molecule has 0 radical (unpaired) electrons. The van der Waals surface area contributed by atoms with Gasteiger partial charge in [0.15, 0.2) is 0 Å². The largest absolute Gasteiger partial charge is 0.475 e. The number of hydrogen-bond acceptors (Lipinski definition) is 5. The molecule has 0 saturated carbocycles. The zero-order valence-corrected chi connectivity index (χ0v) is 10.8. The fourth-order valence-corrected chi connectivity index (χ4v) is 1.73. The van der Waals surface area contributed by atoms with E-state index in [1.165, 1.54) is 6.07 Å². The number of carboxylic acids is 1. The molecule has 2 rings (SSSR count). The van der Waals surface area contributed by atoms with E-state index in [2.05, 4.69) is 15.3 Å². The predicted molar refractivity (Wildman–Crippen MR) is 67.7 cm³/mol. The Bertz CT molecular complexity index is 593. The lowest BCUT2D eigenvalue weighted by atomic mass is 10.2. The minimum absolute atomic E-state index is 0.0350. The normalized spacial score (nSPS) is 10.6. The molecule has 0 spiro atoms. The summed E-state index contributed by atoms with van der Waals surface area (Å²) in [4.78, 5) is 19.1. The standard InChI is InChI=1S/C13H15N3O3/c1-8-10(5-12(19-8)13(17)18)6-14-7-11-3-4-15-9(2)16-11/h3-5,14H,6-7H2,1-2H3,(H,17,18). The Morgan fingerprint density at radius 2 is 2.21 bits per heavy atom. The second-order valence-corrected chi connectivity index (χ2v) is 4.20. The Morgan fingerprint density at radius 3 is 2.84 bits per heavy atom. The Hall–Kier alpha value is -2.21. The van der Waals surface area contributed by atoms with Crippen molar-refractivity contribution in [3.8, 4) is 0 Å². The van der Waals surface area contributed by atoms with Crippen LogP contribution in [0.2, 0.25) is 0 Å². The van der Waals surface area contributed by atoms with Crippen LogP contribution in [-0.4, -0.2) is 21.0 Å². The van der Waals surface area contributed by atoms with Gasteiger partial charge >= 0.3 is 5.97 Å². The molecule has 2 N–H and O–H groups in total. The zero-order valence-electron chi connectivity index (χ0n) is 10.8.